The third-order valence-corrected chi connectivity index (χ3v) is 4.30. The fourth-order valence-electron chi connectivity index (χ4n) is 3.06. The summed E-state index contributed by atoms with van der Waals surface area (Å²) in [5.74, 6) is 1.11. The van der Waals surface area contributed by atoms with E-state index in [1.54, 1.807) is 0 Å². The SMILES string of the molecule is CCC(CC1CC1)N1C(=O)CNC1c1ccccc1. The number of benzene rings is 1. The first-order valence-electron chi connectivity index (χ1n) is 7.39. The zero-order chi connectivity index (χ0) is 13.2. The molecule has 1 aromatic carbocycles. The molecule has 1 saturated heterocycles. The highest BCUT2D eigenvalue weighted by molar-refractivity contribution is 5.81. The lowest BCUT2D eigenvalue weighted by Crippen LogP contribution is -2.39. The number of carbonyl (C=O) groups is 1. The van der Waals surface area contributed by atoms with Gasteiger partial charge in [-0.1, -0.05) is 50.1 Å². The highest BCUT2D eigenvalue weighted by Crippen LogP contribution is 2.37. The maximum atomic E-state index is 12.2. The van der Waals surface area contributed by atoms with Gasteiger partial charge >= 0.3 is 0 Å². The minimum absolute atomic E-state index is 0.0670. The molecule has 3 heteroatoms. The van der Waals surface area contributed by atoms with Crippen LogP contribution in [0.1, 0.15) is 44.3 Å². The van der Waals surface area contributed by atoms with Gasteiger partial charge in [0.05, 0.1) is 6.54 Å². The van der Waals surface area contributed by atoms with Gasteiger partial charge in [0, 0.05) is 6.04 Å². The monoisotopic (exact) mass is 258 g/mol. The number of nitrogens with zero attached hydrogens (tertiary/aromatic N) is 1. The van der Waals surface area contributed by atoms with Crippen LogP contribution in [0.3, 0.4) is 0 Å². The number of carbonyl (C=O) groups excluding carboxylic acids is 1. The molecule has 1 aromatic rings. The van der Waals surface area contributed by atoms with Gasteiger partial charge in [0.1, 0.15) is 6.17 Å². The summed E-state index contributed by atoms with van der Waals surface area (Å²) < 4.78 is 0. The van der Waals surface area contributed by atoms with Crippen molar-refractivity contribution in [2.45, 2.75) is 44.8 Å². The van der Waals surface area contributed by atoms with E-state index in [0.29, 0.717) is 12.6 Å². The minimum atomic E-state index is 0.0670. The largest absolute Gasteiger partial charge is 0.319 e. The topological polar surface area (TPSA) is 32.3 Å². The molecule has 2 aliphatic rings. The van der Waals surface area contributed by atoms with E-state index < -0.39 is 0 Å². The lowest BCUT2D eigenvalue weighted by molar-refractivity contribution is -0.130. The Labute approximate surface area is 115 Å². The van der Waals surface area contributed by atoms with Gasteiger partial charge in [-0.3, -0.25) is 10.1 Å². The molecule has 3 nitrogen and oxygen atoms in total. The van der Waals surface area contributed by atoms with E-state index in [9.17, 15) is 4.79 Å². The lowest BCUT2D eigenvalue weighted by atomic mass is 10.0. The normalized spacial score (nSPS) is 24.8. The zero-order valence-corrected chi connectivity index (χ0v) is 11.5. The summed E-state index contributed by atoms with van der Waals surface area (Å²) in [5.41, 5.74) is 1.20. The van der Waals surface area contributed by atoms with Gasteiger partial charge in [-0.25, -0.2) is 0 Å². The molecular weight excluding hydrogens is 236 g/mol. The lowest BCUT2D eigenvalue weighted by Gasteiger charge is -2.32. The van der Waals surface area contributed by atoms with Crippen LogP contribution < -0.4 is 5.32 Å². The van der Waals surface area contributed by atoms with Crippen LogP contribution in [-0.2, 0) is 4.79 Å². The summed E-state index contributed by atoms with van der Waals surface area (Å²) in [6.45, 7) is 2.67. The van der Waals surface area contributed by atoms with Crippen molar-refractivity contribution in [1.29, 1.82) is 0 Å². The van der Waals surface area contributed by atoms with E-state index in [1.165, 1.54) is 24.8 Å². The van der Waals surface area contributed by atoms with E-state index in [2.05, 4.69) is 29.3 Å². The fraction of sp³-hybridized carbons (Fsp3) is 0.562. The molecule has 1 saturated carbocycles. The number of hydrogen-bond acceptors (Lipinski definition) is 2. The average Bonchev–Trinajstić information content (AvgIpc) is 3.19. The van der Waals surface area contributed by atoms with Gasteiger partial charge in [-0.15, -0.1) is 0 Å². The smallest absolute Gasteiger partial charge is 0.238 e. The summed E-state index contributed by atoms with van der Waals surface area (Å²) in [5, 5.41) is 3.36. The van der Waals surface area contributed by atoms with Gasteiger partial charge < -0.3 is 4.90 Å². The molecule has 2 fully saturated rings. The van der Waals surface area contributed by atoms with Crippen LogP contribution in [0.4, 0.5) is 0 Å². The molecule has 1 aliphatic carbocycles. The van der Waals surface area contributed by atoms with Crippen LogP contribution in [0.15, 0.2) is 30.3 Å². The molecular formula is C16H22N2O. The third-order valence-electron chi connectivity index (χ3n) is 4.30. The zero-order valence-electron chi connectivity index (χ0n) is 11.5. The molecule has 0 bridgehead atoms. The standard InChI is InChI=1S/C16H22N2O/c1-2-14(10-12-8-9-12)18-15(19)11-17-16(18)13-6-4-3-5-7-13/h3-7,12,14,16-17H,2,8-11H2,1H3. The maximum absolute atomic E-state index is 12.2. The summed E-state index contributed by atoms with van der Waals surface area (Å²) in [4.78, 5) is 14.3. The number of hydrogen-bond donors (Lipinski definition) is 1. The van der Waals surface area contributed by atoms with E-state index >= 15 is 0 Å². The molecule has 102 valence electrons. The Bertz CT molecular complexity index is 441. The van der Waals surface area contributed by atoms with Crippen LogP contribution in [0.25, 0.3) is 0 Å². The second kappa shape index (κ2) is 5.33. The average molecular weight is 258 g/mol. The first-order chi connectivity index (χ1) is 9.29. The maximum Gasteiger partial charge on any atom is 0.238 e. The first kappa shape index (κ1) is 12.7. The number of rotatable bonds is 5. The van der Waals surface area contributed by atoms with E-state index in [1.807, 2.05) is 18.2 Å². The van der Waals surface area contributed by atoms with Gasteiger partial charge in [0.25, 0.3) is 0 Å². The third kappa shape index (κ3) is 2.66. The number of nitrogens with one attached hydrogen (secondary N) is 1. The molecule has 3 rings (SSSR count). The number of amides is 1. The van der Waals surface area contributed by atoms with Crippen molar-refractivity contribution >= 4 is 5.91 Å². The first-order valence-corrected chi connectivity index (χ1v) is 7.39. The Morgan fingerprint density at radius 2 is 2.05 bits per heavy atom. The van der Waals surface area contributed by atoms with Gasteiger partial charge in [-0.05, 0) is 24.3 Å². The molecule has 1 aliphatic heterocycles. The Morgan fingerprint density at radius 1 is 1.32 bits per heavy atom. The van der Waals surface area contributed by atoms with Crippen molar-refractivity contribution in [2.24, 2.45) is 5.92 Å². The highest BCUT2D eigenvalue weighted by atomic mass is 16.2. The Hall–Kier alpha value is -1.35. The Morgan fingerprint density at radius 3 is 2.68 bits per heavy atom. The molecule has 0 aromatic heterocycles. The van der Waals surface area contributed by atoms with E-state index in [4.69, 9.17) is 0 Å². The minimum Gasteiger partial charge on any atom is -0.319 e. The van der Waals surface area contributed by atoms with Gasteiger partial charge in [0.2, 0.25) is 5.91 Å². The summed E-state index contributed by atoms with van der Waals surface area (Å²) in [6.07, 6.45) is 4.99. The summed E-state index contributed by atoms with van der Waals surface area (Å²) >= 11 is 0. The second-order valence-electron chi connectivity index (χ2n) is 5.74. The van der Waals surface area contributed by atoms with Crippen LogP contribution in [0.2, 0.25) is 0 Å². The summed E-state index contributed by atoms with van der Waals surface area (Å²) in [7, 11) is 0. The molecule has 2 atom stereocenters. The van der Waals surface area contributed by atoms with E-state index in [0.717, 1.165) is 12.3 Å². The molecule has 2 unspecified atom stereocenters. The van der Waals surface area contributed by atoms with Crippen LogP contribution in [0, 0.1) is 5.92 Å². The van der Waals surface area contributed by atoms with E-state index in [-0.39, 0.29) is 12.1 Å². The van der Waals surface area contributed by atoms with Crippen molar-refractivity contribution in [3.8, 4) is 0 Å². The molecule has 0 spiro atoms. The van der Waals surface area contributed by atoms with Crippen molar-refractivity contribution in [2.75, 3.05) is 6.54 Å². The predicted molar refractivity (Wildman–Crippen MR) is 75.5 cm³/mol. The van der Waals surface area contributed by atoms with Crippen LogP contribution >= 0.6 is 0 Å². The molecule has 1 amide bonds. The predicted octanol–water partition coefficient (Wildman–Crippen LogP) is 2.70. The van der Waals surface area contributed by atoms with Crippen molar-refractivity contribution in [3.63, 3.8) is 0 Å². The van der Waals surface area contributed by atoms with Crippen molar-refractivity contribution in [1.82, 2.24) is 10.2 Å². The molecule has 0 radical (unpaired) electrons. The van der Waals surface area contributed by atoms with Crippen molar-refractivity contribution < 1.29 is 4.79 Å². The van der Waals surface area contributed by atoms with Crippen LogP contribution in [0.5, 0.6) is 0 Å². The molecule has 1 heterocycles. The second-order valence-corrected chi connectivity index (χ2v) is 5.74. The quantitative estimate of drug-likeness (QED) is 0.880. The van der Waals surface area contributed by atoms with Crippen molar-refractivity contribution in [3.05, 3.63) is 35.9 Å². The van der Waals surface area contributed by atoms with Gasteiger partial charge in [0.15, 0.2) is 0 Å². The molecule has 1 N–H and O–H groups in total. The van der Waals surface area contributed by atoms with Crippen LogP contribution in [-0.4, -0.2) is 23.4 Å². The van der Waals surface area contributed by atoms with Gasteiger partial charge in [-0.2, -0.15) is 0 Å². The molecule has 19 heavy (non-hydrogen) atoms. The summed E-state index contributed by atoms with van der Waals surface area (Å²) in [6, 6.07) is 10.7. The Balaban J connectivity index is 1.80. The fourth-order valence-corrected chi connectivity index (χ4v) is 3.06. The highest BCUT2D eigenvalue weighted by Gasteiger charge is 2.38. The Kier molecular flexibility index (Phi) is 3.56.